The van der Waals surface area contributed by atoms with Crippen molar-refractivity contribution in [2.45, 2.75) is 12.8 Å². The monoisotopic (exact) mass is 168 g/mol. The summed E-state index contributed by atoms with van der Waals surface area (Å²) in [6.45, 7) is 5.94. The molecular weight excluding hydrogens is 152 g/mol. The first kappa shape index (κ1) is 9.26. The molecule has 0 bridgehead atoms. The van der Waals surface area contributed by atoms with Crippen LogP contribution < -0.4 is 10.6 Å². The van der Waals surface area contributed by atoms with E-state index in [2.05, 4.69) is 17.2 Å². The number of nitrogens with one attached hydrogen (secondary N) is 2. The number of hydrogen-bond donors (Lipinski definition) is 2. The first-order chi connectivity index (χ1) is 5.84. The maximum atomic E-state index is 11.1. The van der Waals surface area contributed by atoms with Gasteiger partial charge >= 0.3 is 0 Å². The van der Waals surface area contributed by atoms with E-state index < -0.39 is 0 Å². The van der Waals surface area contributed by atoms with Crippen LogP contribution in [-0.4, -0.2) is 25.5 Å². The van der Waals surface area contributed by atoms with Gasteiger partial charge in [-0.05, 0) is 12.8 Å². The maximum absolute atomic E-state index is 11.1. The Kier molecular flexibility index (Phi) is 3.80. The van der Waals surface area contributed by atoms with Crippen molar-refractivity contribution < 1.29 is 4.79 Å². The molecule has 3 heteroatoms. The molecule has 0 aliphatic heterocycles. The molecule has 1 saturated carbocycles. The van der Waals surface area contributed by atoms with E-state index in [9.17, 15) is 4.79 Å². The molecule has 0 spiro atoms. The fraction of sp³-hybridized carbons (Fsp3) is 0.667. The Labute approximate surface area is 73.2 Å². The van der Waals surface area contributed by atoms with E-state index in [-0.39, 0.29) is 5.91 Å². The molecule has 0 aromatic heterocycles. The van der Waals surface area contributed by atoms with Crippen molar-refractivity contribution in [3.05, 3.63) is 12.7 Å². The molecule has 0 radical (unpaired) electrons. The molecular formula is C9H16N2O. The second kappa shape index (κ2) is 4.93. The van der Waals surface area contributed by atoms with E-state index in [0.717, 1.165) is 32.5 Å². The lowest BCUT2D eigenvalue weighted by Gasteiger charge is -2.03. The molecule has 0 saturated heterocycles. The van der Waals surface area contributed by atoms with Crippen molar-refractivity contribution in [3.63, 3.8) is 0 Å². The van der Waals surface area contributed by atoms with Crippen LogP contribution in [0.3, 0.4) is 0 Å². The van der Waals surface area contributed by atoms with E-state index in [0.29, 0.717) is 5.92 Å². The lowest BCUT2D eigenvalue weighted by Crippen LogP contribution is -2.32. The number of carbonyl (C=O) groups is 1. The van der Waals surface area contributed by atoms with Gasteiger partial charge in [-0.25, -0.2) is 0 Å². The molecule has 0 heterocycles. The van der Waals surface area contributed by atoms with Crippen LogP contribution >= 0.6 is 0 Å². The van der Waals surface area contributed by atoms with Crippen molar-refractivity contribution in [1.82, 2.24) is 10.6 Å². The predicted molar refractivity (Wildman–Crippen MR) is 48.8 cm³/mol. The van der Waals surface area contributed by atoms with Gasteiger partial charge in [0.1, 0.15) is 0 Å². The molecule has 1 aliphatic rings. The van der Waals surface area contributed by atoms with Crippen LogP contribution in [0, 0.1) is 5.92 Å². The Morgan fingerprint density at radius 1 is 1.50 bits per heavy atom. The van der Waals surface area contributed by atoms with Gasteiger partial charge in [0.15, 0.2) is 0 Å². The smallest absolute Gasteiger partial charge is 0.223 e. The highest BCUT2D eigenvalue weighted by Gasteiger charge is 2.28. The van der Waals surface area contributed by atoms with Gasteiger partial charge < -0.3 is 10.6 Å². The minimum atomic E-state index is 0.218. The average Bonchev–Trinajstić information content (AvgIpc) is 2.86. The van der Waals surface area contributed by atoms with Gasteiger partial charge in [0.2, 0.25) is 5.91 Å². The normalized spacial score (nSPS) is 15.7. The third-order valence-corrected chi connectivity index (χ3v) is 1.84. The Hall–Kier alpha value is -0.830. The summed E-state index contributed by atoms with van der Waals surface area (Å²) in [5.74, 6) is 0.541. The Morgan fingerprint density at radius 3 is 2.83 bits per heavy atom. The summed E-state index contributed by atoms with van der Waals surface area (Å²) in [4.78, 5) is 11.1. The van der Waals surface area contributed by atoms with Crippen LogP contribution in [0.4, 0.5) is 0 Å². The summed E-state index contributed by atoms with van der Waals surface area (Å²) >= 11 is 0. The van der Waals surface area contributed by atoms with Crippen molar-refractivity contribution in [3.8, 4) is 0 Å². The zero-order valence-corrected chi connectivity index (χ0v) is 7.31. The number of carbonyl (C=O) groups excluding carboxylic acids is 1. The van der Waals surface area contributed by atoms with Gasteiger partial charge in [-0.3, -0.25) is 4.79 Å². The third kappa shape index (κ3) is 3.53. The van der Waals surface area contributed by atoms with E-state index in [1.54, 1.807) is 0 Å². The zero-order valence-electron chi connectivity index (χ0n) is 7.31. The fourth-order valence-corrected chi connectivity index (χ4v) is 0.968. The average molecular weight is 168 g/mol. The van der Waals surface area contributed by atoms with Crippen molar-refractivity contribution in [2.24, 2.45) is 5.92 Å². The van der Waals surface area contributed by atoms with Crippen LogP contribution in [0.25, 0.3) is 0 Å². The van der Waals surface area contributed by atoms with Crippen LogP contribution in [0.2, 0.25) is 0 Å². The summed E-state index contributed by atoms with van der Waals surface area (Å²) in [7, 11) is 0. The number of amides is 1. The maximum Gasteiger partial charge on any atom is 0.223 e. The molecule has 1 aliphatic carbocycles. The summed E-state index contributed by atoms with van der Waals surface area (Å²) < 4.78 is 0. The highest BCUT2D eigenvalue weighted by Crippen LogP contribution is 2.28. The minimum absolute atomic E-state index is 0.218. The molecule has 3 nitrogen and oxygen atoms in total. The topological polar surface area (TPSA) is 41.1 Å². The molecule has 1 amide bonds. The molecule has 1 rings (SSSR count). The second-order valence-corrected chi connectivity index (χ2v) is 3.06. The van der Waals surface area contributed by atoms with E-state index in [4.69, 9.17) is 0 Å². The highest BCUT2D eigenvalue weighted by molar-refractivity contribution is 5.80. The molecule has 0 atom stereocenters. The van der Waals surface area contributed by atoms with Crippen LogP contribution in [0.5, 0.6) is 0 Å². The van der Waals surface area contributed by atoms with Crippen LogP contribution in [0.1, 0.15) is 12.8 Å². The molecule has 2 N–H and O–H groups in total. The Morgan fingerprint density at radius 2 is 2.25 bits per heavy atom. The van der Waals surface area contributed by atoms with E-state index in [1.807, 2.05) is 6.08 Å². The fourth-order valence-electron chi connectivity index (χ4n) is 0.968. The molecule has 1 fully saturated rings. The molecule has 0 unspecified atom stereocenters. The van der Waals surface area contributed by atoms with Crippen molar-refractivity contribution in [2.75, 3.05) is 19.6 Å². The van der Waals surface area contributed by atoms with Gasteiger partial charge in [0.25, 0.3) is 0 Å². The van der Waals surface area contributed by atoms with Crippen molar-refractivity contribution >= 4 is 5.91 Å². The summed E-state index contributed by atoms with van der Waals surface area (Å²) in [5.41, 5.74) is 0. The van der Waals surface area contributed by atoms with Gasteiger partial charge in [0, 0.05) is 25.6 Å². The molecule has 68 valence electrons. The quantitative estimate of drug-likeness (QED) is 0.442. The first-order valence-electron chi connectivity index (χ1n) is 4.44. The van der Waals surface area contributed by atoms with Crippen LogP contribution in [0.15, 0.2) is 12.7 Å². The minimum Gasteiger partial charge on any atom is -0.355 e. The largest absolute Gasteiger partial charge is 0.355 e. The van der Waals surface area contributed by atoms with Gasteiger partial charge in [0.05, 0.1) is 0 Å². The van der Waals surface area contributed by atoms with Gasteiger partial charge in [-0.1, -0.05) is 6.08 Å². The lowest BCUT2D eigenvalue weighted by atomic mass is 10.4. The molecule has 0 aromatic rings. The summed E-state index contributed by atoms with van der Waals surface area (Å²) in [6.07, 6.45) is 3.96. The van der Waals surface area contributed by atoms with Gasteiger partial charge in [-0.15, -0.1) is 6.58 Å². The number of hydrogen-bond acceptors (Lipinski definition) is 2. The number of rotatable bonds is 6. The standard InChI is InChI=1S/C9H16N2O/c1-2-5-10-6-7-11-9(12)8-3-4-8/h2,8,10H,1,3-7H2,(H,11,12). The zero-order chi connectivity index (χ0) is 8.81. The van der Waals surface area contributed by atoms with E-state index in [1.165, 1.54) is 0 Å². The third-order valence-electron chi connectivity index (χ3n) is 1.84. The van der Waals surface area contributed by atoms with Gasteiger partial charge in [-0.2, -0.15) is 0 Å². The Bertz CT molecular complexity index is 164. The molecule has 12 heavy (non-hydrogen) atoms. The first-order valence-corrected chi connectivity index (χ1v) is 4.44. The Balaban J connectivity index is 1.87. The van der Waals surface area contributed by atoms with E-state index >= 15 is 0 Å². The predicted octanol–water partition coefficient (Wildman–Crippen LogP) is 0.288. The second-order valence-electron chi connectivity index (χ2n) is 3.06. The summed E-state index contributed by atoms with van der Waals surface area (Å²) in [6, 6.07) is 0. The lowest BCUT2D eigenvalue weighted by molar-refractivity contribution is -0.122. The SMILES string of the molecule is C=CCNCCNC(=O)C1CC1. The summed E-state index contributed by atoms with van der Waals surface area (Å²) in [5, 5.41) is 5.98. The molecule has 0 aromatic carbocycles. The van der Waals surface area contributed by atoms with Crippen LogP contribution in [-0.2, 0) is 4.79 Å². The highest BCUT2D eigenvalue weighted by atomic mass is 16.2. The van der Waals surface area contributed by atoms with Crippen molar-refractivity contribution in [1.29, 1.82) is 0 Å².